The van der Waals surface area contributed by atoms with Crippen molar-refractivity contribution in [3.05, 3.63) is 112 Å². The molecule has 2 aliphatic rings. The van der Waals surface area contributed by atoms with E-state index in [9.17, 15) is 4.79 Å². The van der Waals surface area contributed by atoms with Gasteiger partial charge >= 0.3 is 5.97 Å². The number of benzene rings is 4. The number of halogens is 1. The molecule has 1 spiro atoms. The van der Waals surface area contributed by atoms with Crippen molar-refractivity contribution in [2.75, 3.05) is 23.3 Å². The first-order chi connectivity index (χ1) is 18.0. The van der Waals surface area contributed by atoms with Crippen LogP contribution in [0.1, 0.15) is 46.5 Å². The Labute approximate surface area is 221 Å². The maximum absolute atomic E-state index is 13.9. The van der Waals surface area contributed by atoms with Gasteiger partial charge in [-0.25, -0.2) is 4.79 Å². The van der Waals surface area contributed by atoms with E-state index in [-0.39, 0.29) is 5.97 Å². The molecule has 0 bridgehead atoms. The van der Waals surface area contributed by atoms with Crippen LogP contribution in [0.3, 0.4) is 0 Å². The van der Waals surface area contributed by atoms with E-state index in [4.69, 9.17) is 21.1 Å². The molecule has 4 aromatic rings. The molecule has 0 amide bonds. The molecule has 1 N–H and O–H groups in total. The van der Waals surface area contributed by atoms with E-state index in [1.807, 2.05) is 72.8 Å². The van der Waals surface area contributed by atoms with E-state index >= 15 is 0 Å². The summed E-state index contributed by atoms with van der Waals surface area (Å²) in [6, 6.07) is 25.2. The normalized spacial score (nSPS) is 14.3. The van der Waals surface area contributed by atoms with E-state index in [1.165, 1.54) is 0 Å². The average Bonchev–Trinajstić information content (AvgIpc) is 3.21. The van der Waals surface area contributed by atoms with Crippen molar-refractivity contribution in [3.8, 4) is 11.5 Å². The Bertz CT molecular complexity index is 1480. The number of carbonyl (C=O) groups excluding carboxylic acids is 1. The van der Waals surface area contributed by atoms with Crippen LogP contribution in [0, 0.1) is 6.92 Å². The lowest BCUT2D eigenvalue weighted by Crippen LogP contribution is -2.33. The molecule has 186 valence electrons. The fraction of sp³-hybridized carbons (Fsp3) is 0.194. The minimum Gasteiger partial charge on any atom is -0.456 e. The number of anilines is 3. The number of rotatable bonds is 5. The summed E-state index contributed by atoms with van der Waals surface area (Å²) in [5, 5.41) is 4.26. The first-order valence-corrected chi connectivity index (χ1v) is 12.9. The van der Waals surface area contributed by atoms with Gasteiger partial charge in [-0.05, 0) is 68.8 Å². The molecule has 6 heteroatoms. The zero-order chi connectivity index (χ0) is 25.7. The van der Waals surface area contributed by atoms with Gasteiger partial charge in [0.25, 0.3) is 0 Å². The van der Waals surface area contributed by atoms with Crippen molar-refractivity contribution in [2.45, 2.75) is 26.4 Å². The summed E-state index contributed by atoms with van der Waals surface area (Å²) < 4.78 is 12.8. The van der Waals surface area contributed by atoms with Gasteiger partial charge in [0.05, 0.1) is 16.9 Å². The smallest absolute Gasteiger partial charge is 0.342 e. The van der Waals surface area contributed by atoms with Gasteiger partial charge in [0.15, 0.2) is 5.60 Å². The number of para-hydroxylation sites is 2. The Balaban J connectivity index is 1.72. The highest BCUT2D eigenvalue weighted by molar-refractivity contribution is 6.30. The van der Waals surface area contributed by atoms with Crippen molar-refractivity contribution in [2.24, 2.45) is 0 Å². The minimum absolute atomic E-state index is 0.345. The zero-order valence-electron chi connectivity index (χ0n) is 21.0. The molecule has 2 heterocycles. The van der Waals surface area contributed by atoms with Gasteiger partial charge in [-0.3, -0.25) is 0 Å². The van der Waals surface area contributed by atoms with Crippen LogP contribution < -0.4 is 15.0 Å². The number of hydrogen-bond donors (Lipinski definition) is 1. The van der Waals surface area contributed by atoms with Crippen LogP contribution in [0.2, 0.25) is 5.02 Å². The highest BCUT2D eigenvalue weighted by Crippen LogP contribution is 2.59. The van der Waals surface area contributed by atoms with Crippen molar-refractivity contribution in [1.29, 1.82) is 0 Å². The van der Waals surface area contributed by atoms with E-state index in [0.29, 0.717) is 22.1 Å². The van der Waals surface area contributed by atoms with Gasteiger partial charge < -0.3 is 19.7 Å². The van der Waals surface area contributed by atoms with Crippen LogP contribution in [0.25, 0.3) is 0 Å². The van der Waals surface area contributed by atoms with Gasteiger partial charge in [0, 0.05) is 40.5 Å². The minimum atomic E-state index is -1.17. The number of esters is 1. The highest BCUT2D eigenvalue weighted by atomic mass is 35.5. The fourth-order valence-electron chi connectivity index (χ4n) is 5.59. The lowest BCUT2D eigenvalue weighted by Gasteiger charge is -2.37. The predicted octanol–water partition coefficient (Wildman–Crippen LogP) is 7.81. The van der Waals surface area contributed by atoms with Crippen molar-refractivity contribution in [3.63, 3.8) is 0 Å². The summed E-state index contributed by atoms with van der Waals surface area (Å²) >= 11 is 6.16. The second kappa shape index (κ2) is 8.86. The first-order valence-electron chi connectivity index (χ1n) is 12.5. The number of fused-ring (bicyclic) bond motifs is 6. The molecule has 37 heavy (non-hydrogen) atoms. The number of ether oxygens (including phenoxy) is 2. The lowest BCUT2D eigenvalue weighted by molar-refractivity contribution is 0.0226. The monoisotopic (exact) mass is 510 g/mol. The van der Waals surface area contributed by atoms with Crippen LogP contribution in [0.4, 0.5) is 17.1 Å². The van der Waals surface area contributed by atoms with Crippen LogP contribution in [-0.4, -0.2) is 19.1 Å². The molecule has 2 aliphatic heterocycles. The molecular formula is C31H27ClN2O3. The maximum atomic E-state index is 13.9. The van der Waals surface area contributed by atoms with Crippen molar-refractivity contribution < 1.29 is 14.3 Å². The zero-order valence-corrected chi connectivity index (χ0v) is 21.7. The third kappa shape index (κ3) is 3.49. The Morgan fingerprint density at radius 1 is 0.892 bits per heavy atom. The van der Waals surface area contributed by atoms with E-state index in [1.54, 1.807) is 0 Å². The number of nitrogens with one attached hydrogen (secondary N) is 1. The topological polar surface area (TPSA) is 50.8 Å². The summed E-state index contributed by atoms with van der Waals surface area (Å²) in [5.41, 5.74) is 5.42. The second-order valence-corrected chi connectivity index (χ2v) is 9.74. The van der Waals surface area contributed by atoms with Crippen LogP contribution >= 0.6 is 11.6 Å². The molecule has 6 rings (SSSR count). The Kier molecular flexibility index (Phi) is 5.61. The van der Waals surface area contributed by atoms with Crippen molar-refractivity contribution >= 4 is 34.6 Å². The molecule has 0 fully saturated rings. The third-order valence-electron chi connectivity index (χ3n) is 7.28. The van der Waals surface area contributed by atoms with Crippen molar-refractivity contribution in [1.82, 2.24) is 0 Å². The Hall–Kier alpha value is -3.96. The maximum Gasteiger partial charge on any atom is 0.342 e. The molecule has 0 atom stereocenters. The summed E-state index contributed by atoms with van der Waals surface area (Å²) in [6.45, 7) is 7.80. The van der Waals surface area contributed by atoms with Gasteiger partial charge in [-0.2, -0.15) is 0 Å². The summed E-state index contributed by atoms with van der Waals surface area (Å²) in [5.74, 6) is 0.998. The molecule has 5 nitrogen and oxygen atoms in total. The largest absolute Gasteiger partial charge is 0.456 e. The van der Waals surface area contributed by atoms with E-state index in [2.05, 4.69) is 37.1 Å². The molecule has 0 aliphatic carbocycles. The molecule has 4 aromatic carbocycles. The fourth-order valence-corrected chi connectivity index (χ4v) is 5.71. The number of nitrogens with zero attached hydrogens (tertiary/aromatic N) is 1. The standard InChI is InChI=1S/C31H27ClN2O3/c1-4-34(5-2)24-18-19(3)29(33-21-16-14-20(32)15-17-21)28-27(24)30(35)37-31(28)22-10-6-8-12-25(22)36-26-13-9-7-11-23(26)31/h6-18,33H,4-5H2,1-3H3. The SMILES string of the molecule is CCN(CC)c1cc(C)c(Nc2ccc(Cl)cc2)c2c1C(=O)OC21c2ccccc2Oc2ccccc21. The third-order valence-corrected chi connectivity index (χ3v) is 7.53. The van der Waals surface area contributed by atoms with Gasteiger partial charge in [-0.1, -0.05) is 48.0 Å². The average molecular weight is 511 g/mol. The number of aryl methyl sites for hydroxylation is 1. The summed E-state index contributed by atoms with van der Waals surface area (Å²) in [4.78, 5) is 16.1. The predicted molar refractivity (Wildman–Crippen MR) is 148 cm³/mol. The summed E-state index contributed by atoms with van der Waals surface area (Å²) in [6.07, 6.45) is 0. The van der Waals surface area contributed by atoms with Crippen LogP contribution in [0.5, 0.6) is 11.5 Å². The molecule has 0 unspecified atom stereocenters. The van der Waals surface area contributed by atoms with E-state index in [0.717, 1.165) is 52.4 Å². The molecule has 0 aromatic heterocycles. The van der Waals surface area contributed by atoms with E-state index < -0.39 is 5.60 Å². The second-order valence-electron chi connectivity index (χ2n) is 9.31. The van der Waals surface area contributed by atoms with Gasteiger partial charge in [0.2, 0.25) is 0 Å². The van der Waals surface area contributed by atoms with Crippen LogP contribution in [0.15, 0.2) is 78.9 Å². The molecule has 0 radical (unpaired) electrons. The molecule has 0 saturated heterocycles. The first kappa shape index (κ1) is 23.4. The quantitative estimate of drug-likeness (QED) is 0.277. The number of carbonyl (C=O) groups is 1. The van der Waals surface area contributed by atoms with Gasteiger partial charge in [-0.15, -0.1) is 0 Å². The lowest BCUT2D eigenvalue weighted by atomic mass is 9.76. The highest BCUT2D eigenvalue weighted by Gasteiger charge is 2.56. The number of hydrogen-bond acceptors (Lipinski definition) is 5. The van der Waals surface area contributed by atoms with Gasteiger partial charge in [0.1, 0.15) is 11.5 Å². The summed E-state index contributed by atoms with van der Waals surface area (Å²) in [7, 11) is 0. The Morgan fingerprint density at radius 3 is 2.08 bits per heavy atom. The van der Waals surface area contributed by atoms with Crippen LogP contribution in [-0.2, 0) is 10.3 Å². The molecular weight excluding hydrogens is 484 g/mol. The molecule has 0 saturated carbocycles. The Morgan fingerprint density at radius 2 is 1.49 bits per heavy atom.